The standard InChI is InChI=1S/C16H22N2O/c1-4-18(5-2)16(19)10-9-15(12-17)14-8-6-7-13(3)11-14/h6-8,11,15H,4-5,9-10H2,1-3H3. The van der Waals surface area contributed by atoms with Crippen molar-refractivity contribution in [3.63, 3.8) is 0 Å². The molecule has 0 aliphatic heterocycles. The number of rotatable bonds is 6. The van der Waals surface area contributed by atoms with Crippen LogP contribution >= 0.6 is 0 Å². The second-order valence-electron chi connectivity index (χ2n) is 4.70. The number of carbonyl (C=O) groups is 1. The summed E-state index contributed by atoms with van der Waals surface area (Å²) in [4.78, 5) is 13.8. The van der Waals surface area contributed by atoms with Crippen molar-refractivity contribution in [3.05, 3.63) is 35.4 Å². The van der Waals surface area contributed by atoms with Crippen molar-refractivity contribution >= 4 is 5.91 Å². The Kier molecular flexibility index (Phi) is 6.08. The summed E-state index contributed by atoms with van der Waals surface area (Å²) in [7, 11) is 0. The number of benzene rings is 1. The average molecular weight is 258 g/mol. The number of aryl methyl sites for hydroxylation is 1. The summed E-state index contributed by atoms with van der Waals surface area (Å²) >= 11 is 0. The van der Waals surface area contributed by atoms with Crippen LogP contribution in [-0.4, -0.2) is 23.9 Å². The fraction of sp³-hybridized carbons (Fsp3) is 0.500. The predicted molar refractivity (Wildman–Crippen MR) is 76.7 cm³/mol. The maximum absolute atomic E-state index is 11.9. The van der Waals surface area contributed by atoms with E-state index in [1.54, 1.807) is 0 Å². The molecule has 3 nitrogen and oxygen atoms in total. The van der Waals surface area contributed by atoms with E-state index in [1.807, 2.05) is 49.9 Å². The fourth-order valence-corrected chi connectivity index (χ4v) is 2.19. The van der Waals surface area contributed by atoms with E-state index in [0.29, 0.717) is 12.8 Å². The van der Waals surface area contributed by atoms with Crippen molar-refractivity contribution in [1.29, 1.82) is 5.26 Å². The molecular weight excluding hydrogens is 236 g/mol. The number of carbonyl (C=O) groups excluding carboxylic acids is 1. The Hall–Kier alpha value is -1.82. The Bertz CT molecular complexity index is 458. The van der Waals surface area contributed by atoms with E-state index in [4.69, 9.17) is 0 Å². The Morgan fingerprint density at radius 2 is 2.05 bits per heavy atom. The molecule has 1 unspecified atom stereocenters. The minimum absolute atomic E-state index is 0.137. The zero-order valence-corrected chi connectivity index (χ0v) is 12.0. The van der Waals surface area contributed by atoms with Crippen LogP contribution in [0.25, 0.3) is 0 Å². The van der Waals surface area contributed by atoms with Crippen LogP contribution in [-0.2, 0) is 4.79 Å². The molecule has 1 aromatic carbocycles. The molecule has 3 heteroatoms. The summed E-state index contributed by atoms with van der Waals surface area (Å²) in [5.74, 6) is -0.0580. The minimum atomic E-state index is -0.195. The van der Waals surface area contributed by atoms with Crippen LogP contribution < -0.4 is 0 Å². The van der Waals surface area contributed by atoms with Gasteiger partial charge in [-0.3, -0.25) is 4.79 Å². The lowest BCUT2D eigenvalue weighted by Gasteiger charge is -2.19. The first kappa shape index (κ1) is 15.2. The molecule has 1 amide bonds. The fourth-order valence-electron chi connectivity index (χ4n) is 2.19. The van der Waals surface area contributed by atoms with E-state index in [-0.39, 0.29) is 11.8 Å². The van der Waals surface area contributed by atoms with E-state index >= 15 is 0 Å². The Balaban J connectivity index is 2.64. The quantitative estimate of drug-likeness (QED) is 0.786. The monoisotopic (exact) mass is 258 g/mol. The third kappa shape index (κ3) is 4.40. The number of hydrogen-bond acceptors (Lipinski definition) is 2. The molecule has 0 heterocycles. The van der Waals surface area contributed by atoms with Gasteiger partial charge in [0.05, 0.1) is 12.0 Å². The Labute approximate surface area is 115 Å². The number of amides is 1. The summed E-state index contributed by atoms with van der Waals surface area (Å²) in [6.45, 7) is 7.43. The molecule has 0 fully saturated rings. The van der Waals surface area contributed by atoms with Crippen LogP contribution in [0.3, 0.4) is 0 Å². The van der Waals surface area contributed by atoms with Gasteiger partial charge in [-0.2, -0.15) is 5.26 Å². The van der Waals surface area contributed by atoms with Gasteiger partial charge in [0.25, 0.3) is 0 Å². The smallest absolute Gasteiger partial charge is 0.222 e. The van der Waals surface area contributed by atoms with Crippen LogP contribution in [0, 0.1) is 18.3 Å². The molecule has 0 saturated heterocycles. The first-order valence-corrected chi connectivity index (χ1v) is 6.86. The maximum Gasteiger partial charge on any atom is 0.222 e. The molecule has 0 aromatic heterocycles. The third-order valence-corrected chi connectivity index (χ3v) is 3.36. The van der Waals surface area contributed by atoms with Crippen molar-refractivity contribution in [1.82, 2.24) is 4.90 Å². The summed E-state index contributed by atoms with van der Waals surface area (Å²) < 4.78 is 0. The van der Waals surface area contributed by atoms with Gasteiger partial charge in [0.1, 0.15) is 0 Å². The number of nitrogens with zero attached hydrogens (tertiary/aromatic N) is 2. The van der Waals surface area contributed by atoms with E-state index in [2.05, 4.69) is 6.07 Å². The largest absolute Gasteiger partial charge is 0.343 e. The molecule has 0 radical (unpaired) electrons. The molecule has 0 aliphatic carbocycles. The predicted octanol–water partition coefficient (Wildman–Crippen LogP) is 3.25. The Morgan fingerprint density at radius 3 is 2.58 bits per heavy atom. The number of nitriles is 1. The van der Waals surface area contributed by atoms with Crippen molar-refractivity contribution in [2.24, 2.45) is 0 Å². The van der Waals surface area contributed by atoms with Gasteiger partial charge in [-0.1, -0.05) is 29.8 Å². The minimum Gasteiger partial charge on any atom is -0.343 e. The van der Waals surface area contributed by atoms with Gasteiger partial charge in [-0.15, -0.1) is 0 Å². The summed E-state index contributed by atoms with van der Waals surface area (Å²) in [6, 6.07) is 10.3. The molecule has 1 atom stereocenters. The van der Waals surface area contributed by atoms with Crippen LogP contribution in [0.1, 0.15) is 43.7 Å². The molecule has 102 valence electrons. The lowest BCUT2D eigenvalue weighted by molar-refractivity contribution is -0.130. The zero-order valence-electron chi connectivity index (χ0n) is 12.0. The summed E-state index contributed by atoms with van der Waals surface area (Å²) in [6.07, 6.45) is 1.03. The van der Waals surface area contributed by atoms with E-state index < -0.39 is 0 Å². The van der Waals surface area contributed by atoms with Crippen LogP contribution in [0.15, 0.2) is 24.3 Å². The molecule has 0 bridgehead atoms. The topological polar surface area (TPSA) is 44.1 Å². The van der Waals surface area contributed by atoms with Gasteiger partial charge in [0, 0.05) is 19.5 Å². The van der Waals surface area contributed by atoms with Gasteiger partial charge in [-0.25, -0.2) is 0 Å². The highest BCUT2D eigenvalue weighted by Crippen LogP contribution is 2.21. The van der Waals surface area contributed by atoms with Crippen LogP contribution in [0.2, 0.25) is 0 Å². The second-order valence-corrected chi connectivity index (χ2v) is 4.70. The highest BCUT2D eigenvalue weighted by Gasteiger charge is 2.15. The first-order valence-electron chi connectivity index (χ1n) is 6.86. The SMILES string of the molecule is CCN(CC)C(=O)CCC(C#N)c1cccc(C)c1. The maximum atomic E-state index is 11.9. The molecule has 0 aliphatic rings. The zero-order chi connectivity index (χ0) is 14.3. The summed E-state index contributed by atoms with van der Waals surface area (Å²) in [5.41, 5.74) is 2.16. The molecule has 1 rings (SSSR count). The van der Waals surface area contributed by atoms with Crippen LogP contribution in [0.4, 0.5) is 0 Å². The van der Waals surface area contributed by atoms with Crippen molar-refractivity contribution in [2.75, 3.05) is 13.1 Å². The molecule has 0 spiro atoms. The summed E-state index contributed by atoms with van der Waals surface area (Å²) in [5, 5.41) is 9.26. The molecule has 1 aromatic rings. The van der Waals surface area contributed by atoms with Gasteiger partial charge < -0.3 is 4.90 Å². The van der Waals surface area contributed by atoms with E-state index in [1.165, 1.54) is 0 Å². The Morgan fingerprint density at radius 1 is 1.37 bits per heavy atom. The second kappa shape index (κ2) is 7.58. The third-order valence-electron chi connectivity index (χ3n) is 3.36. The van der Waals surface area contributed by atoms with Gasteiger partial charge in [0.15, 0.2) is 0 Å². The molecule has 19 heavy (non-hydrogen) atoms. The van der Waals surface area contributed by atoms with Crippen LogP contribution in [0.5, 0.6) is 0 Å². The van der Waals surface area contributed by atoms with Gasteiger partial charge >= 0.3 is 0 Å². The molecule has 0 N–H and O–H groups in total. The normalized spacial score (nSPS) is 11.7. The van der Waals surface area contributed by atoms with Gasteiger partial charge in [-0.05, 0) is 32.8 Å². The highest BCUT2D eigenvalue weighted by molar-refractivity contribution is 5.76. The van der Waals surface area contributed by atoms with E-state index in [0.717, 1.165) is 24.2 Å². The molecule has 0 saturated carbocycles. The van der Waals surface area contributed by atoms with Crippen molar-refractivity contribution in [2.45, 2.75) is 39.5 Å². The van der Waals surface area contributed by atoms with Crippen molar-refractivity contribution in [3.8, 4) is 6.07 Å². The highest BCUT2D eigenvalue weighted by atomic mass is 16.2. The lowest BCUT2D eigenvalue weighted by atomic mass is 9.94. The van der Waals surface area contributed by atoms with E-state index in [9.17, 15) is 10.1 Å². The number of hydrogen-bond donors (Lipinski definition) is 0. The first-order chi connectivity index (χ1) is 9.12. The lowest BCUT2D eigenvalue weighted by Crippen LogP contribution is -2.30. The average Bonchev–Trinajstić information content (AvgIpc) is 2.41. The van der Waals surface area contributed by atoms with Crippen molar-refractivity contribution < 1.29 is 4.79 Å². The molecular formula is C16H22N2O. The van der Waals surface area contributed by atoms with Gasteiger partial charge in [0.2, 0.25) is 5.91 Å².